The van der Waals surface area contributed by atoms with Gasteiger partial charge >= 0.3 is 11.9 Å². The molecule has 1 rings (SSSR count). The number of ether oxygens (including phenoxy) is 2. The Labute approximate surface area is 159 Å². The maximum Gasteiger partial charge on any atom is 0.323 e. The van der Waals surface area contributed by atoms with E-state index in [1.165, 1.54) is 0 Å². The molecular formula is C19H28N4O4. The molecule has 0 aromatic carbocycles. The van der Waals surface area contributed by atoms with E-state index >= 15 is 0 Å². The van der Waals surface area contributed by atoms with Crippen LogP contribution in [0, 0.1) is 5.41 Å². The second kappa shape index (κ2) is 12.7. The predicted octanol–water partition coefficient (Wildman–Crippen LogP) is 4.00. The smallest absolute Gasteiger partial charge is 0.323 e. The SMILES string of the molecule is CCOC(=O)C(CCCCN=[N+]=[N-])(CCCc1cccnc1)C(=O)OCC. The molecule has 0 saturated carbocycles. The molecule has 1 aromatic rings. The highest BCUT2D eigenvalue weighted by molar-refractivity contribution is 6.00. The van der Waals surface area contributed by atoms with Crippen LogP contribution in [0.5, 0.6) is 0 Å². The fourth-order valence-corrected chi connectivity index (χ4v) is 2.95. The number of aromatic nitrogens is 1. The van der Waals surface area contributed by atoms with Gasteiger partial charge in [0, 0.05) is 23.9 Å². The van der Waals surface area contributed by atoms with Gasteiger partial charge in [-0.05, 0) is 63.1 Å². The summed E-state index contributed by atoms with van der Waals surface area (Å²) in [6, 6.07) is 3.82. The zero-order chi connectivity index (χ0) is 20.0. The van der Waals surface area contributed by atoms with E-state index in [-0.39, 0.29) is 13.2 Å². The van der Waals surface area contributed by atoms with Gasteiger partial charge in [0.2, 0.25) is 0 Å². The highest BCUT2D eigenvalue weighted by atomic mass is 16.6. The lowest BCUT2D eigenvalue weighted by Crippen LogP contribution is -2.42. The van der Waals surface area contributed by atoms with E-state index < -0.39 is 17.4 Å². The molecule has 1 aromatic heterocycles. The molecule has 27 heavy (non-hydrogen) atoms. The Morgan fingerprint density at radius 2 is 1.81 bits per heavy atom. The van der Waals surface area contributed by atoms with Gasteiger partial charge in [0.15, 0.2) is 5.41 Å². The van der Waals surface area contributed by atoms with Crippen LogP contribution in [0.25, 0.3) is 10.4 Å². The molecule has 1 heterocycles. The number of carbonyl (C=O) groups is 2. The Bertz CT molecular complexity index is 612. The number of rotatable bonds is 13. The van der Waals surface area contributed by atoms with Crippen molar-refractivity contribution in [3.05, 3.63) is 40.5 Å². The molecule has 0 aliphatic heterocycles. The van der Waals surface area contributed by atoms with Crippen LogP contribution in [0.1, 0.15) is 51.5 Å². The minimum atomic E-state index is -1.33. The fourth-order valence-electron chi connectivity index (χ4n) is 2.95. The van der Waals surface area contributed by atoms with E-state index in [0.29, 0.717) is 45.1 Å². The summed E-state index contributed by atoms with van der Waals surface area (Å²) in [5.41, 5.74) is 8.09. The first-order valence-electron chi connectivity index (χ1n) is 9.35. The first-order valence-corrected chi connectivity index (χ1v) is 9.35. The highest BCUT2D eigenvalue weighted by Gasteiger charge is 2.47. The standard InChI is InChI=1S/C19H28N4O4/c1-3-26-17(24)19(18(25)27-4-2,11-5-6-14-22-23-20)12-7-9-16-10-8-13-21-15-16/h8,10,13,15H,3-7,9,11-12,14H2,1-2H3. The van der Waals surface area contributed by atoms with Crippen molar-refractivity contribution in [1.82, 2.24) is 4.98 Å². The summed E-state index contributed by atoms with van der Waals surface area (Å²) in [5.74, 6) is -1.09. The van der Waals surface area contributed by atoms with Gasteiger partial charge in [-0.3, -0.25) is 14.6 Å². The monoisotopic (exact) mass is 376 g/mol. The summed E-state index contributed by atoms with van der Waals surface area (Å²) >= 11 is 0. The van der Waals surface area contributed by atoms with Crippen molar-refractivity contribution in [2.45, 2.75) is 52.4 Å². The molecule has 0 fully saturated rings. The molecule has 0 aliphatic carbocycles. The Kier molecular flexibility index (Phi) is 10.6. The molecule has 8 nitrogen and oxygen atoms in total. The lowest BCUT2D eigenvalue weighted by molar-refractivity contribution is -0.173. The van der Waals surface area contributed by atoms with Gasteiger partial charge < -0.3 is 9.47 Å². The van der Waals surface area contributed by atoms with E-state index in [4.69, 9.17) is 15.0 Å². The van der Waals surface area contributed by atoms with Crippen LogP contribution in [0.2, 0.25) is 0 Å². The number of nitrogens with zero attached hydrogens (tertiary/aromatic N) is 4. The molecule has 8 heteroatoms. The lowest BCUT2D eigenvalue weighted by atomic mass is 9.77. The number of esters is 2. The number of hydrogen-bond acceptors (Lipinski definition) is 6. The lowest BCUT2D eigenvalue weighted by Gasteiger charge is -2.29. The molecule has 0 aliphatic rings. The van der Waals surface area contributed by atoms with Gasteiger partial charge in [0.1, 0.15) is 0 Å². The first-order chi connectivity index (χ1) is 13.1. The minimum Gasteiger partial charge on any atom is -0.465 e. The third-order valence-electron chi connectivity index (χ3n) is 4.30. The number of azide groups is 1. The molecule has 0 spiro atoms. The van der Waals surface area contributed by atoms with Crippen LogP contribution in [0.4, 0.5) is 0 Å². The van der Waals surface area contributed by atoms with Crippen LogP contribution >= 0.6 is 0 Å². The average molecular weight is 376 g/mol. The van der Waals surface area contributed by atoms with Crippen LogP contribution in [0.3, 0.4) is 0 Å². The van der Waals surface area contributed by atoms with E-state index in [1.54, 1.807) is 26.2 Å². The molecule has 0 saturated heterocycles. The summed E-state index contributed by atoms with van der Waals surface area (Å²) in [6.45, 7) is 4.15. The molecular weight excluding hydrogens is 348 g/mol. The number of carbonyl (C=O) groups excluding carboxylic acids is 2. The van der Waals surface area contributed by atoms with Crippen molar-refractivity contribution in [1.29, 1.82) is 0 Å². The van der Waals surface area contributed by atoms with Gasteiger partial charge in [0.25, 0.3) is 0 Å². The van der Waals surface area contributed by atoms with E-state index in [1.807, 2.05) is 12.1 Å². The predicted molar refractivity (Wildman–Crippen MR) is 101 cm³/mol. The zero-order valence-electron chi connectivity index (χ0n) is 16.1. The summed E-state index contributed by atoms with van der Waals surface area (Å²) in [6.07, 6.45) is 6.59. The van der Waals surface area contributed by atoms with E-state index in [2.05, 4.69) is 15.0 Å². The second-order valence-corrected chi connectivity index (χ2v) is 6.15. The number of unbranched alkanes of at least 4 members (excludes halogenated alkanes) is 1. The maximum atomic E-state index is 12.7. The largest absolute Gasteiger partial charge is 0.465 e. The number of hydrogen-bond donors (Lipinski definition) is 0. The van der Waals surface area contributed by atoms with Gasteiger partial charge in [0.05, 0.1) is 13.2 Å². The maximum absolute atomic E-state index is 12.7. The van der Waals surface area contributed by atoms with Crippen molar-refractivity contribution >= 4 is 11.9 Å². The normalized spacial score (nSPS) is 10.7. The van der Waals surface area contributed by atoms with Crippen molar-refractivity contribution in [2.75, 3.05) is 19.8 Å². The zero-order valence-corrected chi connectivity index (χ0v) is 16.1. The third-order valence-corrected chi connectivity index (χ3v) is 4.30. The van der Waals surface area contributed by atoms with Crippen molar-refractivity contribution in [2.24, 2.45) is 10.5 Å². The van der Waals surface area contributed by atoms with Crippen molar-refractivity contribution in [3.63, 3.8) is 0 Å². The Balaban J connectivity index is 2.90. The molecule has 0 atom stereocenters. The Morgan fingerprint density at radius 1 is 1.15 bits per heavy atom. The fraction of sp³-hybridized carbons (Fsp3) is 0.632. The third kappa shape index (κ3) is 7.27. The minimum absolute atomic E-state index is 0.196. The van der Waals surface area contributed by atoms with Crippen molar-refractivity contribution in [3.8, 4) is 0 Å². The summed E-state index contributed by atoms with van der Waals surface area (Å²) in [4.78, 5) is 32.3. The number of aryl methyl sites for hydroxylation is 1. The first kappa shape index (κ1) is 22.4. The molecule has 148 valence electrons. The second-order valence-electron chi connectivity index (χ2n) is 6.15. The van der Waals surface area contributed by atoms with Gasteiger partial charge in [-0.2, -0.15) is 0 Å². The summed E-state index contributed by atoms with van der Waals surface area (Å²) in [5, 5.41) is 3.50. The topological polar surface area (TPSA) is 114 Å². The summed E-state index contributed by atoms with van der Waals surface area (Å²) < 4.78 is 10.4. The van der Waals surface area contributed by atoms with Crippen LogP contribution in [-0.2, 0) is 25.5 Å². The number of pyridine rings is 1. The quantitative estimate of drug-likeness (QED) is 0.129. The molecule has 0 bridgehead atoms. The Hall–Kier alpha value is -2.60. The van der Waals surface area contributed by atoms with Crippen LogP contribution in [0.15, 0.2) is 29.6 Å². The van der Waals surface area contributed by atoms with E-state index in [0.717, 1.165) is 5.56 Å². The van der Waals surface area contributed by atoms with E-state index in [9.17, 15) is 9.59 Å². The van der Waals surface area contributed by atoms with Gasteiger partial charge in [-0.1, -0.05) is 17.6 Å². The summed E-state index contributed by atoms with van der Waals surface area (Å²) in [7, 11) is 0. The highest BCUT2D eigenvalue weighted by Crippen LogP contribution is 2.34. The molecule has 0 unspecified atom stereocenters. The van der Waals surface area contributed by atoms with Crippen LogP contribution in [-0.4, -0.2) is 36.7 Å². The Morgan fingerprint density at radius 3 is 2.37 bits per heavy atom. The van der Waals surface area contributed by atoms with Crippen molar-refractivity contribution < 1.29 is 19.1 Å². The van der Waals surface area contributed by atoms with Gasteiger partial charge in [-0.15, -0.1) is 0 Å². The molecule has 0 amide bonds. The average Bonchev–Trinajstić information content (AvgIpc) is 2.67. The van der Waals surface area contributed by atoms with Crippen LogP contribution < -0.4 is 0 Å². The molecule has 0 radical (unpaired) electrons. The molecule has 0 N–H and O–H groups in total. The van der Waals surface area contributed by atoms with Gasteiger partial charge in [-0.25, -0.2) is 0 Å².